The van der Waals surface area contributed by atoms with E-state index in [1.165, 1.54) is 0 Å². The molecule has 5 nitrogen and oxygen atoms in total. The molecule has 0 radical (unpaired) electrons. The molecule has 108 valence electrons. The second-order valence-corrected chi connectivity index (χ2v) is 4.10. The number of ether oxygens (including phenoxy) is 1. The van der Waals surface area contributed by atoms with E-state index in [1.807, 2.05) is 6.92 Å². The first-order valence-corrected chi connectivity index (χ1v) is 5.68. The van der Waals surface area contributed by atoms with Crippen molar-refractivity contribution in [3.8, 4) is 0 Å². The first-order valence-electron chi connectivity index (χ1n) is 5.68. The van der Waals surface area contributed by atoms with Crippen LogP contribution in [-0.2, 0) is 10.9 Å². The highest BCUT2D eigenvalue weighted by Gasteiger charge is 2.31. The van der Waals surface area contributed by atoms with Crippen molar-refractivity contribution in [3.63, 3.8) is 0 Å². The van der Waals surface area contributed by atoms with E-state index in [4.69, 9.17) is 10.6 Å². The van der Waals surface area contributed by atoms with Crippen LogP contribution >= 0.6 is 0 Å². The van der Waals surface area contributed by atoms with Gasteiger partial charge in [0.15, 0.2) is 0 Å². The smallest absolute Gasteiger partial charge is 0.385 e. The Morgan fingerprint density at radius 1 is 1.37 bits per heavy atom. The van der Waals surface area contributed by atoms with Crippen LogP contribution in [0.25, 0.3) is 0 Å². The zero-order valence-corrected chi connectivity index (χ0v) is 10.7. The number of nitrogens with one attached hydrogen (secondary N) is 2. The third kappa shape index (κ3) is 4.92. The molecular weight excluding hydrogens is 261 g/mol. The third-order valence-corrected chi connectivity index (χ3v) is 2.45. The molecular formula is C11H17F3N4O. The monoisotopic (exact) mass is 278 g/mol. The number of pyridine rings is 1. The molecule has 0 aromatic carbocycles. The number of alkyl halides is 3. The van der Waals surface area contributed by atoms with Crippen LogP contribution in [0.4, 0.5) is 24.8 Å². The van der Waals surface area contributed by atoms with E-state index in [9.17, 15) is 13.2 Å². The van der Waals surface area contributed by atoms with Crippen molar-refractivity contribution >= 4 is 11.6 Å². The lowest BCUT2D eigenvalue weighted by Crippen LogP contribution is -2.20. The van der Waals surface area contributed by atoms with E-state index in [1.54, 1.807) is 7.11 Å². The molecule has 0 bridgehead atoms. The van der Waals surface area contributed by atoms with Crippen molar-refractivity contribution in [1.82, 2.24) is 4.98 Å². The lowest BCUT2D eigenvalue weighted by molar-refractivity contribution is -0.137. The van der Waals surface area contributed by atoms with Crippen LogP contribution in [0.1, 0.15) is 18.9 Å². The number of nitrogens with zero attached hydrogens (tertiary/aromatic N) is 1. The zero-order valence-electron chi connectivity index (χ0n) is 10.7. The van der Waals surface area contributed by atoms with Gasteiger partial charge in [-0.05, 0) is 25.5 Å². The molecule has 0 amide bonds. The van der Waals surface area contributed by atoms with E-state index in [0.29, 0.717) is 13.0 Å². The van der Waals surface area contributed by atoms with E-state index in [0.717, 1.165) is 12.1 Å². The van der Waals surface area contributed by atoms with Gasteiger partial charge in [0.05, 0.1) is 5.56 Å². The van der Waals surface area contributed by atoms with Gasteiger partial charge >= 0.3 is 6.18 Å². The molecule has 0 spiro atoms. The Hall–Kier alpha value is -1.54. The largest absolute Gasteiger partial charge is 0.416 e. The molecule has 0 saturated heterocycles. The topological polar surface area (TPSA) is 72.2 Å². The Morgan fingerprint density at radius 2 is 2.00 bits per heavy atom. The number of nitrogen functional groups attached to an aromatic ring is 1. The van der Waals surface area contributed by atoms with Gasteiger partial charge in [0.1, 0.15) is 11.6 Å². The number of hydrogen-bond acceptors (Lipinski definition) is 5. The Balaban J connectivity index is 2.88. The quantitative estimate of drug-likeness (QED) is 0.549. The number of anilines is 2. The molecule has 1 rings (SSSR count). The van der Waals surface area contributed by atoms with E-state index >= 15 is 0 Å². The molecule has 4 N–H and O–H groups in total. The van der Waals surface area contributed by atoms with Crippen LogP contribution < -0.4 is 16.6 Å². The van der Waals surface area contributed by atoms with Gasteiger partial charge in [-0.1, -0.05) is 0 Å². The normalized spacial score (nSPS) is 13.2. The van der Waals surface area contributed by atoms with Crippen LogP contribution in [0.5, 0.6) is 0 Å². The molecule has 1 aromatic heterocycles. The second kappa shape index (κ2) is 6.58. The van der Waals surface area contributed by atoms with Gasteiger partial charge in [-0.3, -0.25) is 0 Å². The molecule has 1 heterocycles. The molecule has 0 aliphatic rings. The molecule has 1 unspecified atom stereocenters. The van der Waals surface area contributed by atoms with Gasteiger partial charge in [-0.15, -0.1) is 0 Å². The summed E-state index contributed by atoms with van der Waals surface area (Å²) in [7, 11) is 1.56. The first-order chi connectivity index (χ1) is 8.86. The SMILES string of the molecule is COCCC(C)Nc1cc(C(F)(F)F)cc(NN)n1. The van der Waals surface area contributed by atoms with Gasteiger partial charge in [0, 0.05) is 19.8 Å². The summed E-state index contributed by atoms with van der Waals surface area (Å²) in [5.74, 6) is 5.19. The Labute approximate surface area is 109 Å². The number of halogens is 3. The number of rotatable bonds is 6. The molecule has 8 heteroatoms. The standard InChI is InChI=1S/C11H17F3N4O/c1-7(3-4-19-2)16-9-5-8(11(12,13)14)6-10(17-9)18-15/h5-7H,3-4,15H2,1-2H3,(H2,16,17,18). The molecule has 0 aliphatic carbocycles. The Bertz CT molecular complexity index is 411. The summed E-state index contributed by atoms with van der Waals surface area (Å²) in [4.78, 5) is 3.93. The number of hydrazine groups is 1. The fraction of sp³-hybridized carbons (Fsp3) is 0.545. The van der Waals surface area contributed by atoms with Gasteiger partial charge in [-0.25, -0.2) is 10.8 Å². The predicted molar refractivity (Wildman–Crippen MR) is 66.6 cm³/mol. The van der Waals surface area contributed by atoms with Gasteiger partial charge in [-0.2, -0.15) is 13.2 Å². The highest BCUT2D eigenvalue weighted by atomic mass is 19.4. The van der Waals surface area contributed by atoms with Crippen molar-refractivity contribution in [1.29, 1.82) is 0 Å². The van der Waals surface area contributed by atoms with Crippen molar-refractivity contribution in [2.75, 3.05) is 24.5 Å². The summed E-state index contributed by atoms with van der Waals surface area (Å²) in [6.07, 6.45) is -3.79. The summed E-state index contributed by atoms with van der Waals surface area (Å²) in [6, 6.07) is 1.73. The molecule has 0 aliphatic heterocycles. The second-order valence-electron chi connectivity index (χ2n) is 4.10. The Morgan fingerprint density at radius 3 is 2.53 bits per heavy atom. The van der Waals surface area contributed by atoms with Crippen molar-refractivity contribution in [2.24, 2.45) is 5.84 Å². The van der Waals surface area contributed by atoms with Gasteiger partial charge in [0.25, 0.3) is 0 Å². The van der Waals surface area contributed by atoms with E-state index < -0.39 is 11.7 Å². The fourth-order valence-corrected chi connectivity index (χ4v) is 1.46. The van der Waals surface area contributed by atoms with E-state index in [2.05, 4.69) is 15.7 Å². The summed E-state index contributed by atoms with van der Waals surface area (Å²) < 4.78 is 42.9. The number of methoxy groups -OCH3 is 1. The van der Waals surface area contributed by atoms with Crippen molar-refractivity contribution in [2.45, 2.75) is 25.6 Å². The summed E-state index contributed by atoms with van der Waals surface area (Å²) in [6.45, 7) is 2.34. The molecule has 1 atom stereocenters. The fourth-order valence-electron chi connectivity index (χ4n) is 1.46. The predicted octanol–water partition coefficient (Wildman–Crippen LogP) is 2.22. The third-order valence-electron chi connectivity index (χ3n) is 2.45. The summed E-state index contributed by atoms with van der Waals surface area (Å²) in [5.41, 5.74) is 1.31. The maximum absolute atomic E-state index is 12.7. The van der Waals surface area contributed by atoms with Crippen LogP contribution in [0, 0.1) is 0 Å². The highest BCUT2D eigenvalue weighted by molar-refractivity contribution is 5.49. The number of aromatic nitrogens is 1. The molecule has 0 fully saturated rings. The minimum absolute atomic E-state index is 0.0451. The lowest BCUT2D eigenvalue weighted by Gasteiger charge is -2.16. The number of nitrogens with two attached hydrogens (primary N) is 1. The molecule has 1 aromatic rings. The maximum Gasteiger partial charge on any atom is 0.416 e. The summed E-state index contributed by atoms with van der Waals surface area (Å²) in [5, 5.41) is 2.88. The van der Waals surface area contributed by atoms with Crippen LogP contribution in [0.15, 0.2) is 12.1 Å². The van der Waals surface area contributed by atoms with Crippen LogP contribution in [0.2, 0.25) is 0 Å². The van der Waals surface area contributed by atoms with Crippen LogP contribution in [0.3, 0.4) is 0 Å². The minimum atomic E-state index is -4.44. The van der Waals surface area contributed by atoms with Crippen molar-refractivity contribution in [3.05, 3.63) is 17.7 Å². The van der Waals surface area contributed by atoms with Gasteiger partial charge < -0.3 is 15.5 Å². The highest BCUT2D eigenvalue weighted by Crippen LogP contribution is 2.32. The average Bonchev–Trinajstić information content (AvgIpc) is 2.34. The molecule has 19 heavy (non-hydrogen) atoms. The number of hydrogen-bond donors (Lipinski definition) is 3. The molecule has 0 saturated carbocycles. The summed E-state index contributed by atoms with van der Waals surface area (Å²) >= 11 is 0. The first kappa shape index (κ1) is 15.5. The van der Waals surface area contributed by atoms with Crippen molar-refractivity contribution < 1.29 is 17.9 Å². The van der Waals surface area contributed by atoms with E-state index in [-0.39, 0.29) is 17.7 Å². The average molecular weight is 278 g/mol. The lowest BCUT2D eigenvalue weighted by atomic mass is 10.2. The minimum Gasteiger partial charge on any atom is -0.385 e. The maximum atomic E-state index is 12.7. The van der Waals surface area contributed by atoms with Crippen LogP contribution in [-0.4, -0.2) is 24.7 Å². The van der Waals surface area contributed by atoms with Gasteiger partial charge in [0.2, 0.25) is 0 Å². The Kier molecular flexibility index (Phi) is 5.37. The zero-order chi connectivity index (χ0) is 14.5.